The number of thioether (sulfide) groups is 1. The number of fused-ring (bicyclic) bond motifs is 5. The van der Waals surface area contributed by atoms with E-state index in [1.54, 1.807) is 41.2 Å². The summed E-state index contributed by atoms with van der Waals surface area (Å²) < 4.78 is 8.66. The van der Waals surface area contributed by atoms with Crippen LogP contribution in [0.25, 0.3) is 32.7 Å². The van der Waals surface area contributed by atoms with Crippen molar-refractivity contribution < 1.29 is 23.9 Å². The van der Waals surface area contributed by atoms with E-state index < -0.39 is 0 Å². The number of H-pyrrole nitrogens is 2. The molecule has 0 unspecified atom stereocenters. The third kappa shape index (κ3) is 8.98. The topological polar surface area (TPSA) is 201 Å². The number of ether oxygens (including phenoxy) is 1. The van der Waals surface area contributed by atoms with Crippen molar-refractivity contribution in [3.63, 3.8) is 0 Å². The maximum Gasteiger partial charge on any atom is 0.315 e. The number of carbonyl (C=O) groups excluding carboxylic acids is 4. The number of ketones is 1. The van der Waals surface area contributed by atoms with Gasteiger partial charge in [0.1, 0.15) is 29.4 Å². The van der Waals surface area contributed by atoms with Crippen molar-refractivity contribution >= 4 is 84.0 Å². The monoisotopic (exact) mass is 902 g/mol. The molecule has 0 aliphatic carbocycles. The number of amides is 4. The number of carbonyl (C=O) groups is 4. The SMILES string of the molecule is O=C(CCCC[C@@H]1SC[C@@H]2NC(=O)N[C@@H]21)NCCn1cc(COc2ccc3[nH]c4c(C(=O)c5ccc(Br)cc5)nc(C(=O)NCCc5c[nH]c6ccccc56)cc4c3c2)nn1. The summed E-state index contributed by atoms with van der Waals surface area (Å²) in [6, 6.07) is 22.7. The zero-order valence-electron chi connectivity index (χ0n) is 33.0. The van der Waals surface area contributed by atoms with Crippen LogP contribution in [-0.2, 0) is 24.4 Å². The number of nitrogens with zero attached hydrogens (tertiary/aromatic N) is 4. The molecular formula is C44H43BrN10O5S. The van der Waals surface area contributed by atoms with Crippen LogP contribution in [0.2, 0.25) is 0 Å². The van der Waals surface area contributed by atoms with E-state index in [9.17, 15) is 19.2 Å². The molecule has 0 spiro atoms. The van der Waals surface area contributed by atoms with E-state index >= 15 is 0 Å². The lowest BCUT2D eigenvalue weighted by Gasteiger charge is -2.16. The lowest BCUT2D eigenvalue weighted by molar-refractivity contribution is -0.121. The summed E-state index contributed by atoms with van der Waals surface area (Å²) in [5, 5.41) is 23.3. The smallest absolute Gasteiger partial charge is 0.315 e. The number of aromatic amines is 2. The molecule has 15 nitrogen and oxygen atoms in total. The summed E-state index contributed by atoms with van der Waals surface area (Å²) >= 11 is 5.32. The maximum absolute atomic E-state index is 14.0. The van der Waals surface area contributed by atoms with Gasteiger partial charge < -0.3 is 36.0 Å². The number of nitrogens with one attached hydrogen (secondary N) is 6. The molecule has 2 fully saturated rings. The number of halogens is 1. The molecule has 0 saturated carbocycles. The Hall–Kier alpha value is -6.20. The second-order valence-corrected chi connectivity index (χ2v) is 17.5. The number of aromatic nitrogens is 6. The molecule has 0 radical (unpaired) electrons. The van der Waals surface area contributed by atoms with Crippen molar-refractivity contribution in [3.05, 3.63) is 118 Å². The van der Waals surface area contributed by atoms with Gasteiger partial charge in [-0.3, -0.25) is 19.1 Å². The van der Waals surface area contributed by atoms with E-state index in [1.807, 2.05) is 60.4 Å². The minimum absolute atomic E-state index is 0.00100. The summed E-state index contributed by atoms with van der Waals surface area (Å²) in [6.45, 7) is 1.42. The predicted octanol–water partition coefficient (Wildman–Crippen LogP) is 6.18. The van der Waals surface area contributed by atoms with Crippen molar-refractivity contribution in [1.82, 2.24) is 51.2 Å². The van der Waals surface area contributed by atoms with Crippen molar-refractivity contribution in [2.75, 3.05) is 18.8 Å². The van der Waals surface area contributed by atoms with Gasteiger partial charge in [0.05, 0.1) is 30.3 Å². The molecule has 2 saturated heterocycles. The van der Waals surface area contributed by atoms with Crippen LogP contribution in [-0.4, -0.2) is 89.8 Å². The second-order valence-electron chi connectivity index (χ2n) is 15.3. The summed E-state index contributed by atoms with van der Waals surface area (Å²) in [7, 11) is 0. The van der Waals surface area contributed by atoms with E-state index in [0.717, 1.165) is 56.9 Å². The lowest BCUT2D eigenvalue weighted by atomic mass is 10.0. The molecule has 17 heteroatoms. The quantitative estimate of drug-likeness (QED) is 0.0351. The van der Waals surface area contributed by atoms with Gasteiger partial charge in [-0.2, -0.15) is 11.8 Å². The summed E-state index contributed by atoms with van der Waals surface area (Å²) in [5.41, 5.74) is 4.73. The second kappa shape index (κ2) is 17.8. The van der Waals surface area contributed by atoms with Crippen LogP contribution in [0.3, 0.4) is 0 Å². The Kier molecular flexibility index (Phi) is 11.7. The number of unbranched alkanes of at least 4 members (excludes halogenated alkanes) is 1. The van der Waals surface area contributed by atoms with Gasteiger partial charge in [0, 0.05) is 73.9 Å². The Bertz CT molecular complexity index is 2770. The summed E-state index contributed by atoms with van der Waals surface area (Å²) in [5.74, 6) is 0.792. The van der Waals surface area contributed by atoms with E-state index in [4.69, 9.17) is 4.74 Å². The van der Waals surface area contributed by atoms with Crippen molar-refractivity contribution in [3.8, 4) is 5.75 Å². The summed E-state index contributed by atoms with van der Waals surface area (Å²) in [4.78, 5) is 63.0. The molecule has 3 aromatic carbocycles. The van der Waals surface area contributed by atoms with Crippen LogP contribution in [0.15, 0.2) is 89.7 Å². The van der Waals surface area contributed by atoms with Crippen LogP contribution in [0.4, 0.5) is 4.79 Å². The van der Waals surface area contributed by atoms with Crippen LogP contribution in [0.5, 0.6) is 5.75 Å². The molecule has 6 heterocycles. The number of benzene rings is 3. The molecule has 7 aromatic rings. The number of pyridine rings is 1. The fourth-order valence-corrected chi connectivity index (χ4v) is 9.87. The summed E-state index contributed by atoms with van der Waals surface area (Å²) in [6.07, 6.45) is 7.51. The van der Waals surface area contributed by atoms with E-state index in [2.05, 4.69) is 62.5 Å². The van der Waals surface area contributed by atoms with Crippen LogP contribution >= 0.6 is 27.7 Å². The first-order chi connectivity index (χ1) is 29.8. The van der Waals surface area contributed by atoms with Gasteiger partial charge in [-0.1, -0.05) is 45.8 Å². The molecule has 4 amide bonds. The van der Waals surface area contributed by atoms with E-state index in [-0.39, 0.29) is 53.7 Å². The van der Waals surface area contributed by atoms with Crippen molar-refractivity contribution in [1.29, 1.82) is 0 Å². The lowest BCUT2D eigenvalue weighted by Crippen LogP contribution is -2.36. The Morgan fingerprint density at radius 2 is 1.80 bits per heavy atom. The Morgan fingerprint density at radius 1 is 0.934 bits per heavy atom. The highest BCUT2D eigenvalue weighted by Crippen LogP contribution is 2.34. The Morgan fingerprint density at radius 3 is 2.69 bits per heavy atom. The van der Waals surface area contributed by atoms with Crippen molar-refractivity contribution in [2.45, 2.75) is 62.6 Å². The largest absolute Gasteiger partial charge is 0.487 e. The number of urea groups is 1. The van der Waals surface area contributed by atoms with Gasteiger partial charge in [-0.25, -0.2) is 9.78 Å². The highest BCUT2D eigenvalue weighted by molar-refractivity contribution is 9.10. The molecule has 2 aliphatic heterocycles. The average molecular weight is 904 g/mol. The Balaban J connectivity index is 0.826. The van der Waals surface area contributed by atoms with Gasteiger partial charge in [0.15, 0.2) is 0 Å². The zero-order valence-corrected chi connectivity index (χ0v) is 35.4. The standard InChI is InChI=1S/C44H43BrN10O5S/c45-27-11-9-25(10-12-27)42(57)41-39-32(20-35(50-41)43(58)47-16-15-26-21-48-33-6-2-1-5-30(26)33)31-19-29(13-14-34(31)49-39)60-23-28-22-55(54-53-28)18-17-46-38(56)8-4-3-7-37-40-36(24-61-37)51-44(59)52-40/h1-2,5-6,9-14,19-22,36-37,40,48-49H,3-4,7-8,15-18,23-24H2,(H,46,56)(H,47,58)(H2,51,52,59)/t36-,37-,40-/m0/s1. The van der Waals surface area contributed by atoms with Crippen LogP contribution < -0.4 is 26.0 Å². The normalized spacial score (nSPS) is 17.1. The van der Waals surface area contributed by atoms with Gasteiger partial charge in [-0.15, -0.1) is 5.10 Å². The first-order valence-electron chi connectivity index (χ1n) is 20.3. The van der Waals surface area contributed by atoms with Gasteiger partial charge >= 0.3 is 6.03 Å². The average Bonchev–Trinajstić information content (AvgIpc) is 4.11. The molecule has 6 N–H and O–H groups in total. The molecule has 9 rings (SSSR count). The number of hydrogen-bond acceptors (Lipinski definition) is 9. The number of rotatable bonds is 17. The highest BCUT2D eigenvalue weighted by Gasteiger charge is 2.42. The molecule has 61 heavy (non-hydrogen) atoms. The molecule has 0 bridgehead atoms. The van der Waals surface area contributed by atoms with Gasteiger partial charge in [0.25, 0.3) is 5.91 Å². The predicted molar refractivity (Wildman–Crippen MR) is 237 cm³/mol. The molecule has 3 atom stereocenters. The minimum atomic E-state index is -0.386. The number of hydrogen-bond donors (Lipinski definition) is 6. The van der Waals surface area contributed by atoms with Crippen LogP contribution in [0.1, 0.15) is 63.5 Å². The molecule has 312 valence electrons. The van der Waals surface area contributed by atoms with Gasteiger partial charge in [-0.05, 0) is 79.4 Å². The zero-order chi connectivity index (χ0) is 41.9. The first-order valence-corrected chi connectivity index (χ1v) is 22.2. The van der Waals surface area contributed by atoms with Crippen molar-refractivity contribution in [2.24, 2.45) is 0 Å². The van der Waals surface area contributed by atoms with Crippen LogP contribution in [0, 0.1) is 0 Å². The Labute approximate surface area is 362 Å². The fraction of sp³-hybridized carbons (Fsp3) is 0.295. The van der Waals surface area contributed by atoms with E-state index in [1.165, 1.54) is 0 Å². The third-order valence-electron chi connectivity index (χ3n) is 11.2. The third-order valence-corrected chi connectivity index (χ3v) is 13.2. The maximum atomic E-state index is 14.0. The molecule has 4 aromatic heterocycles. The van der Waals surface area contributed by atoms with Gasteiger partial charge in [0.2, 0.25) is 11.7 Å². The number of para-hydroxylation sites is 1. The molecule has 2 aliphatic rings. The molecular weight excluding hydrogens is 861 g/mol. The highest BCUT2D eigenvalue weighted by atomic mass is 79.9. The minimum Gasteiger partial charge on any atom is -0.487 e. The fourth-order valence-electron chi connectivity index (χ4n) is 8.07. The first kappa shape index (κ1) is 40.2. The van der Waals surface area contributed by atoms with E-state index in [0.29, 0.717) is 65.6 Å².